The second kappa shape index (κ2) is 17.8. The van der Waals surface area contributed by atoms with E-state index in [1.165, 1.54) is 19.3 Å². The van der Waals surface area contributed by atoms with Crippen LogP contribution in [0.3, 0.4) is 0 Å². The summed E-state index contributed by atoms with van der Waals surface area (Å²) in [5, 5.41) is 19.7. The van der Waals surface area contributed by atoms with Gasteiger partial charge in [0.25, 0.3) is 0 Å². The maximum atomic E-state index is 13.4. The highest BCUT2D eigenvalue weighted by Gasteiger charge is 2.47. The molecule has 10 unspecified atom stereocenters. The van der Waals surface area contributed by atoms with Crippen molar-refractivity contribution in [1.29, 1.82) is 0 Å². The lowest BCUT2D eigenvalue weighted by molar-refractivity contribution is -0.352. The largest absolute Gasteiger partial charge is 0.481 e. The van der Waals surface area contributed by atoms with Gasteiger partial charge in [0.2, 0.25) is 0 Å². The molecule has 264 valence electrons. The van der Waals surface area contributed by atoms with Gasteiger partial charge in [0.05, 0.1) is 55.9 Å². The number of carboxylic acids is 2. The van der Waals surface area contributed by atoms with Gasteiger partial charge in [-0.2, -0.15) is 0 Å². The summed E-state index contributed by atoms with van der Waals surface area (Å²) in [5.74, 6) is -4.40. The maximum absolute atomic E-state index is 13.4. The van der Waals surface area contributed by atoms with Crippen LogP contribution in [0.1, 0.15) is 109 Å². The van der Waals surface area contributed by atoms with Gasteiger partial charge in [0, 0.05) is 11.8 Å². The van der Waals surface area contributed by atoms with E-state index in [1.807, 2.05) is 0 Å². The van der Waals surface area contributed by atoms with Crippen LogP contribution in [0.2, 0.25) is 0 Å². The van der Waals surface area contributed by atoms with Crippen LogP contribution in [0.25, 0.3) is 0 Å². The van der Waals surface area contributed by atoms with E-state index in [4.69, 9.17) is 35.1 Å². The van der Waals surface area contributed by atoms with Gasteiger partial charge in [0.1, 0.15) is 18.3 Å². The minimum absolute atomic E-state index is 0.0275. The van der Waals surface area contributed by atoms with Crippen molar-refractivity contribution < 1.29 is 53.3 Å². The van der Waals surface area contributed by atoms with Crippen LogP contribution in [0.4, 0.5) is 0 Å². The number of ether oxygens (including phenoxy) is 4. The summed E-state index contributed by atoms with van der Waals surface area (Å²) < 4.78 is 23.5. The molecule has 0 amide bonds. The van der Waals surface area contributed by atoms with Gasteiger partial charge < -0.3 is 29.2 Å². The Hall–Kier alpha value is -2.39. The number of aliphatic carboxylic acids is 2. The molecule has 0 aliphatic heterocycles. The van der Waals surface area contributed by atoms with Crippen LogP contribution in [0.15, 0.2) is 0 Å². The van der Waals surface area contributed by atoms with E-state index >= 15 is 0 Å². The Kier molecular flexibility index (Phi) is 13.6. The van der Waals surface area contributed by atoms with E-state index < -0.39 is 35.7 Å². The minimum atomic E-state index is -0.999. The Morgan fingerprint density at radius 3 is 1.96 bits per heavy atom. The van der Waals surface area contributed by atoms with E-state index in [0.29, 0.717) is 64.3 Å². The van der Waals surface area contributed by atoms with Crippen molar-refractivity contribution in [2.45, 2.75) is 140 Å². The van der Waals surface area contributed by atoms with Gasteiger partial charge in [-0.25, -0.2) is 9.78 Å². The highest BCUT2D eigenvalue weighted by atomic mass is 17.2. The second-order valence-corrected chi connectivity index (χ2v) is 14.4. The zero-order chi connectivity index (χ0) is 33.2. The molecular weight excluding hydrogens is 608 g/mol. The molecule has 5 saturated carbocycles. The minimum Gasteiger partial charge on any atom is -0.481 e. The third kappa shape index (κ3) is 9.84. The molecule has 11 nitrogen and oxygen atoms in total. The summed E-state index contributed by atoms with van der Waals surface area (Å²) in [6.45, 7) is 1.26. The average Bonchev–Trinajstić information content (AvgIpc) is 3.08. The normalized spacial score (nSPS) is 36.4. The summed E-state index contributed by atoms with van der Waals surface area (Å²) in [7, 11) is 0. The molecule has 0 radical (unpaired) electrons. The fraction of sp³-hybridized carbons (Fsp3) is 0.861. The molecular formula is C36H54O11. The number of hydrogen-bond donors (Lipinski definition) is 2. The van der Waals surface area contributed by atoms with Crippen LogP contribution in [0.5, 0.6) is 0 Å². The average molecular weight is 663 g/mol. The number of carboxylic acid groups (broad SMARTS) is 2. The Labute approximate surface area is 278 Å². The topological polar surface area (TPSA) is 147 Å². The zero-order valence-corrected chi connectivity index (χ0v) is 27.6. The van der Waals surface area contributed by atoms with Crippen molar-refractivity contribution in [2.75, 3.05) is 19.8 Å². The molecule has 5 aliphatic rings. The summed E-state index contributed by atoms with van der Waals surface area (Å²) in [4.78, 5) is 49.3. The van der Waals surface area contributed by atoms with Crippen molar-refractivity contribution >= 4 is 17.9 Å². The Morgan fingerprint density at radius 1 is 0.638 bits per heavy atom. The summed E-state index contributed by atoms with van der Waals surface area (Å²) in [6, 6.07) is 0. The van der Waals surface area contributed by atoms with Crippen molar-refractivity contribution in [2.24, 2.45) is 35.5 Å². The highest BCUT2D eigenvalue weighted by Crippen LogP contribution is 2.44. The molecule has 0 heterocycles. The lowest BCUT2D eigenvalue weighted by Gasteiger charge is -2.45. The third-order valence-corrected chi connectivity index (χ3v) is 11.6. The van der Waals surface area contributed by atoms with Crippen LogP contribution in [-0.4, -0.2) is 78.5 Å². The quantitative estimate of drug-likeness (QED) is 0.0796. The fourth-order valence-corrected chi connectivity index (χ4v) is 9.02. The molecule has 5 fully saturated rings. The molecule has 0 aromatic carbocycles. The zero-order valence-electron chi connectivity index (χ0n) is 27.6. The first-order chi connectivity index (χ1) is 22.8. The van der Waals surface area contributed by atoms with E-state index in [2.05, 4.69) is 6.11 Å². The van der Waals surface area contributed by atoms with Crippen LogP contribution >= 0.6 is 0 Å². The predicted molar refractivity (Wildman–Crippen MR) is 169 cm³/mol. The maximum Gasteiger partial charge on any atom is 0.310 e. The Morgan fingerprint density at radius 2 is 1.26 bits per heavy atom. The number of hydrogen-bond acceptors (Lipinski definition) is 9. The highest BCUT2D eigenvalue weighted by molar-refractivity contribution is 5.81. The van der Waals surface area contributed by atoms with Gasteiger partial charge >= 0.3 is 17.9 Å². The number of esters is 1. The molecule has 0 spiro atoms. The standard InChI is InChI=1S/C36H54O11/c1-2-42-26-13-15-30(35(39)40)31(21-26)36(41)46-32-16-17-33(29-11-7-6-10-28(29)32)47-45-22-23-20-25(12-14-27(23)34(37)38)44-19-18-43-24-8-4-3-5-9-24/h1,23-33H,3-22H2,(H,37,38)(H,39,40). The van der Waals surface area contributed by atoms with Gasteiger partial charge in [-0.1, -0.05) is 38.5 Å². The van der Waals surface area contributed by atoms with Gasteiger partial charge in [-0.05, 0) is 83.0 Å². The monoisotopic (exact) mass is 662 g/mol. The molecule has 0 bridgehead atoms. The van der Waals surface area contributed by atoms with Gasteiger partial charge in [0.15, 0.2) is 0 Å². The number of rotatable bonds is 14. The molecule has 0 aromatic rings. The molecule has 2 N–H and O–H groups in total. The van der Waals surface area contributed by atoms with Crippen molar-refractivity contribution in [3.8, 4) is 12.5 Å². The fourth-order valence-electron chi connectivity index (χ4n) is 9.02. The van der Waals surface area contributed by atoms with Crippen molar-refractivity contribution in [3.63, 3.8) is 0 Å². The molecule has 47 heavy (non-hydrogen) atoms. The summed E-state index contributed by atoms with van der Waals surface area (Å²) in [6.07, 6.45) is 20.9. The first-order valence-electron chi connectivity index (χ1n) is 18.1. The smallest absolute Gasteiger partial charge is 0.310 e. The van der Waals surface area contributed by atoms with Crippen LogP contribution < -0.4 is 0 Å². The van der Waals surface area contributed by atoms with Gasteiger partial charge in [-0.15, -0.1) is 0 Å². The predicted octanol–water partition coefficient (Wildman–Crippen LogP) is 5.53. The van der Waals surface area contributed by atoms with E-state index in [0.717, 1.165) is 38.5 Å². The molecule has 10 atom stereocenters. The van der Waals surface area contributed by atoms with E-state index in [9.17, 15) is 24.6 Å². The van der Waals surface area contributed by atoms with E-state index in [1.54, 1.807) is 0 Å². The summed E-state index contributed by atoms with van der Waals surface area (Å²) >= 11 is 0. The van der Waals surface area contributed by atoms with Crippen molar-refractivity contribution in [3.05, 3.63) is 0 Å². The Balaban J connectivity index is 1.10. The molecule has 0 aromatic heterocycles. The molecule has 0 saturated heterocycles. The SMILES string of the molecule is C#COC1CCC(C(=O)O)C(C(=O)OC2CCC(OOCC3CC(OCCOC4CCCCC4)CCC3C(=O)O)C3CCCCC23)C1. The second-order valence-electron chi connectivity index (χ2n) is 14.4. The lowest BCUT2D eigenvalue weighted by atomic mass is 9.68. The molecule has 11 heteroatoms. The van der Waals surface area contributed by atoms with E-state index in [-0.39, 0.29) is 55.2 Å². The lowest BCUT2D eigenvalue weighted by Crippen LogP contribution is -2.47. The first kappa shape index (κ1) is 35.9. The third-order valence-electron chi connectivity index (χ3n) is 11.6. The first-order valence-corrected chi connectivity index (χ1v) is 18.1. The molecule has 5 rings (SSSR count). The summed E-state index contributed by atoms with van der Waals surface area (Å²) in [5.41, 5.74) is 0. The Bertz CT molecular complexity index is 1070. The van der Waals surface area contributed by atoms with Gasteiger partial charge in [-0.3, -0.25) is 14.4 Å². The molecule has 5 aliphatic carbocycles. The van der Waals surface area contributed by atoms with Crippen LogP contribution in [0, 0.1) is 48.0 Å². The number of fused-ring (bicyclic) bond motifs is 1. The number of terminal acetylenes is 1. The van der Waals surface area contributed by atoms with Crippen molar-refractivity contribution in [1.82, 2.24) is 0 Å². The number of carbonyl (C=O) groups is 3. The number of carbonyl (C=O) groups excluding carboxylic acids is 1. The van der Waals surface area contributed by atoms with Crippen LogP contribution in [-0.2, 0) is 43.1 Å².